The smallest absolute Gasteiger partial charge is 0.462 e. The molecule has 0 amide bonds. The Kier molecular flexibility index (Phi) is 34.5. The third-order valence-electron chi connectivity index (χ3n) is 7.75. The van der Waals surface area contributed by atoms with E-state index in [2.05, 4.69) is 79.1 Å². The second-order valence-electron chi connectivity index (χ2n) is 12.5. The lowest BCUT2D eigenvalue weighted by molar-refractivity contribution is -0.161. The predicted octanol–water partition coefficient (Wildman–Crippen LogP) is 11.5. The zero-order valence-electron chi connectivity index (χ0n) is 31.3. The fourth-order valence-electron chi connectivity index (χ4n) is 4.93. The van der Waals surface area contributed by atoms with Gasteiger partial charge < -0.3 is 19.3 Å². The van der Waals surface area contributed by atoms with Crippen molar-refractivity contribution < 1.29 is 37.9 Å². The molecule has 0 rings (SSSR count). The first-order valence-corrected chi connectivity index (χ1v) is 20.8. The molecule has 9 heteroatoms. The molecule has 286 valence electrons. The highest BCUT2D eigenvalue weighted by Crippen LogP contribution is 2.35. The van der Waals surface area contributed by atoms with Gasteiger partial charge >= 0.3 is 19.8 Å². The van der Waals surface area contributed by atoms with E-state index in [-0.39, 0.29) is 19.4 Å². The van der Waals surface area contributed by atoms with Crippen LogP contribution in [0.4, 0.5) is 0 Å². The van der Waals surface area contributed by atoms with Crippen molar-refractivity contribution in [3.63, 3.8) is 0 Å². The minimum atomic E-state index is -4.77. The van der Waals surface area contributed by atoms with Crippen LogP contribution < -0.4 is 0 Å². The lowest BCUT2D eigenvalue weighted by atomic mass is 10.0. The molecule has 0 aliphatic heterocycles. The summed E-state index contributed by atoms with van der Waals surface area (Å²) in [6, 6.07) is 0. The molecule has 8 nitrogen and oxygen atoms in total. The number of allylic oxidation sites excluding steroid dienone is 12. The van der Waals surface area contributed by atoms with Crippen LogP contribution in [0, 0.1) is 0 Å². The predicted molar refractivity (Wildman–Crippen MR) is 207 cm³/mol. The van der Waals surface area contributed by atoms with Gasteiger partial charge in [-0.1, -0.05) is 164 Å². The van der Waals surface area contributed by atoms with Gasteiger partial charge in [-0.25, -0.2) is 4.57 Å². The van der Waals surface area contributed by atoms with E-state index in [1.54, 1.807) is 0 Å². The van der Waals surface area contributed by atoms with E-state index in [0.29, 0.717) is 12.8 Å². The van der Waals surface area contributed by atoms with Gasteiger partial charge in [-0.15, -0.1) is 0 Å². The van der Waals surface area contributed by atoms with Gasteiger partial charge in [0, 0.05) is 12.8 Å². The molecule has 1 unspecified atom stereocenters. The van der Waals surface area contributed by atoms with E-state index in [9.17, 15) is 14.2 Å². The van der Waals surface area contributed by atoms with Gasteiger partial charge in [-0.3, -0.25) is 14.1 Å². The molecule has 0 saturated heterocycles. The monoisotopic (exact) mass is 720 g/mol. The summed E-state index contributed by atoms with van der Waals surface area (Å²) in [4.78, 5) is 42.7. The molecule has 0 aromatic rings. The molecular weight excluding hydrogens is 651 g/mol. The number of ether oxygens (including phenoxy) is 2. The van der Waals surface area contributed by atoms with Crippen LogP contribution in [-0.2, 0) is 28.2 Å². The van der Waals surface area contributed by atoms with Crippen LogP contribution in [0.15, 0.2) is 72.9 Å². The maximum Gasteiger partial charge on any atom is 0.469 e. The summed E-state index contributed by atoms with van der Waals surface area (Å²) in [5.74, 6) is -0.986. The van der Waals surface area contributed by atoms with Gasteiger partial charge in [0.2, 0.25) is 0 Å². The van der Waals surface area contributed by atoms with E-state index in [1.165, 1.54) is 64.2 Å². The van der Waals surface area contributed by atoms with Gasteiger partial charge in [-0.2, -0.15) is 0 Å². The normalized spacial score (nSPS) is 13.3. The number of phosphoric ester groups is 1. The third-order valence-corrected chi connectivity index (χ3v) is 8.24. The minimum absolute atomic E-state index is 0.0848. The van der Waals surface area contributed by atoms with E-state index in [4.69, 9.17) is 19.3 Å². The van der Waals surface area contributed by atoms with Gasteiger partial charge in [0.25, 0.3) is 0 Å². The summed E-state index contributed by atoms with van der Waals surface area (Å²) in [7, 11) is -4.77. The Morgan fingerprint density at radius 1 is 0.540 bits per heavy atom. The third kappa shape index (κ3) is 38.3. The van der Waals surface area contributed by atoms with Crippen molar-refractivity contribution >= 4 is 19.8 Å². The van der Waals surface area contributed by atoms with Crippen LogP contribution in [0.2, 0.25) is 0 Å². The molecule has 0 aliphatic rings. The zero-order valence-corrected chi connectivity index (χ0v) is 32.2. The Hall–Kier alpha value is -2.51. The second-order valence-corrected chi connectivity index (χ2v) is 13.8. The summed E-state index contributed by atoms with van der Waals surface area (Å²) in [6.45, 7) is 3.49. The van der Waals surface area contributed by atoms with Crippen molar-refractivity contribution in [3.05, 3.63) is 72.9 Å². The van der Waals surface area contributed by atoms with Crippen LogP contribution in [0.1, 0.15) is 155 Å². The second kappa shape index (κ2) is 36.3. The van der Waals surface area contributed by atoms with E-state index in [1.807, 2.05) is 12.2 Å². The van der Waals surface area contributed by atoms with E-state index in [0.717, 1.165) is 51.4 Å². The van der Waals surface area contributed by atoms with Crippen LogP contribution in [0.3, 0.4) is 0 Å². The molecule has 0 spiro atoms. The number of rotatable bonds is 34. The number of hydrogen-bond donors (Lipinski definition) is 2. The number of carbonyl (C=O) groups excluding carboxylic acids is 2. The molecule has 0 aromatic heterocycles. The zero-order chi connectivity index (χ0) is 36.8. The molecule has 0 radical (unpaired) electrons. The van der Waals surface area contributed by atoms with Crippen LogP contribution in [0.25, 0.3) is 0 Å². The van der Waals surface area contributed by atoms with Crippen molar-refractivity contribution in [2.75, 3.05) is 13.2 Å². The first kappa shape index (κ1) is 47.5. The topological polar surface area (TPSA) is 119 Å². The van der Waals surface area contributed by atoms with Crippen molar-refractivity contribution in [3.8, 4) is 0 Å². The largest absolute Gasteiger partial charge is 0.469 e. The van der Waals surface area contributed by atoms with Gasteiger partial charge in [0.1, 0.15) is 6.61 Å². The fourth-order valence-corrected chi connectivity index (χ4v) is 5.29. The Morgan fingerprint density at radius 3 is 1.40 bits per heavy atom. The molecular formula is C41H69O8P. The standard InChI is InChI=1S/C41H69O8P/c1-3-5-7-9-11-13-15-17-18-19-20-21-22-24-26-28-30-32-34-36-41(43)49-39(38-48-50(44,45)46)37-47-40(42)35-33-31-29-27-25-23-16-14-12-10-8-6-4-2/h5,7,11,13,17-18,20-21,24,26,30,32,39H,3-4,6,8-10,12,14-16,19,22-23,25,27-29,31,33-38H2,1-2H3,(H2,44,45,46)/b7-5-,13-11-,18-17-,21-20-,26-24-,32-30-. The average Bonchev–Trinajstić information content (AvgIpc) is 3.08. The van der Waals surface area contributed by atoms with Crippen molar-refractivity contribution in [2.24, 2.45) is 0 Å². The number of hydrogen-bond acceptors (Lipinski definition) is 6. The summed E-state index contributed by atoms with van der Waals surface area (Å²) < 4.78 is 26.2. The summed E-state index contributed by atoms with van der Waals surface area (Å²) >= 11 is 0. The fraction of sp³-hybridized carbons (Fsp3) is 0.659. The Labute approximate surface area is 304 Å². The Bertz CT molecular complexity index is 1040. The van der Waals surface area contributed by atoms with E-state index < -0.39 is 32.5 Å². The first-order valence-electron chi connectivity index (χ1n) is 19.2. The molecule has 2 N–H and O–H groups in total. The van der Waals surface area contributed by atoms with Crippen molar-refractivity contribution in [2.45, 2.75) is 161 Å². The molecule has 1 atom stereocenters. The van der Waals surface area contributed by atoms with Crippen LogP contribution in [-0.4, -0.2) is 41.0 Å². The molecule has 0 aromatic carbocycles. The molecule has 0 bridgehead atoms. The van der Waals surface area contributed by atoms with Crippen LogP contribution >= 0.6 is 7.82 Å². The van der Waals surface area contributed by atoms with Crippen molar-refractivity contribution in [1.82, 2.24) is 0 Å². The summed E-state index contributed by atoms with van der Waals surface area (Å²) in [5, 5.41) is 0. The van der Waals surface area contributed by atoms with Gasteiger partial charge in [0.15, 0.2) is 6.10 Å². The number of esters is 2. The van der Waals surface area contributed by atoms with Crippen molar-refractivity contribution in [1.29, 1.82) is 0 Å². The quantitative estimate of drug-likeness (QED) is 0.0292. The molecule has 0 aliphatic carbocycles. The lowest BCUT2D eigenvalue weighted by Crippen LogP contribution is -2.29. The molecule has 0 heterocycles. The SMILES string of the molecule is CC/C=C\C/C=C\C/C=C\C/C=C\C/C=C\C/C=C\CCC(=O)OC(COC(=O)CCCCCCCCCCCCCCC)COP(=O)(O)O. The highest BCUT2D eigenvalue weighted by atomic mass is 31.2. The highest BCUT2D eigenvalue weighted by Gasteiger charge is 2.22. The Balaban J connectivity index is 4.11. The first-order chi connectivity index (χ1) is 24.3. The minimum Gasteiger partial charge on any atom is -0.462 e. The summed E-state index contributed by atoms with van der Waals surface area (Å²) in [5.41, 5.74) is 0. The van der Waals surface area contributed by atoms with E-state index >= 15 is 0 Å². The van der Waals surface area contributed by atoms with Crippen LogP contribution in [0.5, 0.6) is 0 Å². The number of unbranched alkanes of at least 4 members (excludes halogenated alkanes) is 12. The summed E-state index contributed by atoms with van der Waals surface area (Å²) in [6.07, 6.45) is 46.3. The molecule has 0 saturated carbocycles. The van der Waals surface area contributed by atoms with Gasteiger partial charge in [0.05, 0.1) is 6.61 Å². The maximum absolute atomic E-state index is 12.3. The molecule has 50 heavy (non-hydrogen) atoms. The highest BCUT2D eigenvalue weighted by molar-refractivity contribution is 7.46. The number of phosphoric acid groups is 1. The number of carbonyl (C=O) groups is 2. The Morgan fingerprint density at radius 2 is 0.960 bits per heavy atom. The lowest BCUT2D eigenvalue weighted by Gasteiger charge is -2.18. The van der Waals surface area contributed by atoms with Gasteiger partial charge in [-0.05, 0) is 51.4 Å². The average molecular weight is 721 g/mol. The maximum atomic E-state index is 12.3. The molecule has 0 fully saturated rings.